The quantitative estimate of drug-likeness (QED) is 0.0551. The van der Waals surface area contributed by atoms with Gasteiger partial charge >= 0.3 is 0 Å². The van der Waals surface area contributed by atoms with Gasteiger partial charge in [-0.2, -0.15) is 0 Å². The zero-order chi connectivity index (χ0) is 35.3. The van der Waals surface area contributed by atoms with E-state index in [2.05, 4.69) is 61.9 Å². The summed E-state index contributed by atoms with van der Waals surface area (Å²) in [6.45, 7) is 4.61. The van der Waals surface area contributed by atoms with E-state index < -0.39 is 0 Å². The van der Waals surface area contributed by atoms with Crippen LogP contribution in [0.15, 0.2) is 36.4 Å². The topological polar surface area (TPSA) is 4.93 Å². The lowest BCUT2D eigenvalue weighted by molar-refractivity contribution is 0.529. The second-order valence-corrected chi connectivity index (χ2v) is 16.4. The number of aromatic nitrogens is 1. The molecule has 0 saturated carbocycles. The number of unbranched alkanes of at least 4 members (excludes halogenated alkanes) is 30. The Bertz CT molecular complexity index is 1120. The molecule has 2 aromatic carbocycles. The minimum Gasteiger partial charge on any atom is -0.344 e. The molecule has 1 heterocycles. The van der Waals surface area contributed by atoms with E-state index in [1.54, 1.807) is 0 Å². The highest BCUT2D eigenvalue weighted by Crippen LogP contribution is 2.30. The first kappa shape index (κ1) is 42.7. The van der Waals surface area contributed by atoms with Crippen LogP contribution in [0.5, 0.6) is 0 Å². The first-order valence-electron chi connectivity index (χ1n) is 22.7. The van der Waals surface area contributed by atoms with Crippen LogP contribution >= 0.6 is 0 Å². The van der Waals surface area contributed by atoms with E-state index >= 15 is 0 Å². The van der Waals surface area contributed by atoms with Crippen LogP contribution in [0.25, 0.3) is 21.8 Å². The van der Waals surface area contributed by atoms with E-state index in [-0.39, 0.29) is 0 Å². The van der Waals surface area contributed by atoms with Crippen molar-refractivity contribution in [3.63, 3.8) is 0 Å². The van der Waals surface area contributed by atoms with Crippen LogP contribution in [0, 0.1) is 0 Å². The van der Waals surface area contributed by atoms with Gasteiger partial charge in [0.2, 0.25) is 0 Å². The van der Waals surface area contributed by atoms with Crippen molar-refractivity contribution in [1.29, 1.82) is 0 Å². The molecule has 50 heavy (non-hydrogen) atoms. The Morgan fingerprint density at radius 2 is 0.560 bits per heavy atom. The molecule has 0 aliphatic carbocycles. The Hall–Kier alpha value is -1.76. The molecule has 284 valence electrons. The Kier molecular flexibility index (Phi) is 24.6. The molecule has 1 nitrogen and oxygen atoms in total. The van der Waals surface area contributed by atoms with Gasteiger partial charge in [0.15, 0.2) is 0 Å². The fourth-order valence-corrected chi connectivity index (χ4v) is 8.36. The SMILES string of the molecule is CCCCCCCCCCCCCCCCCCc1ccc2c3ccc(CCCCCCCCCCCCCCCCCC)cc3n(C)c2c1. The fraction of sp³-hybridized carbons (Fsp3) is 0.755. The summed E-state index contributed by atoms with van der Waals surface area (Å²) in [5, 5.41) is 2.85. The van der Waals surface area contributed by atoms with Crippen molar-refractivity contribution in [2.24, 2.45) is 7.05 Å². The Balaban J connectivity index is 1.21. The monoisotopic (exact) mass is 686 g/mol. The molecule has 0 aliphatic rings. The lowest BCUT2D eigenvalue weighted by Gasteiger charge is -2.05. The van der Waals surface area contributed by atoms with Crippen molar-refractivity contribution in [3.8, 4) is 0 Å². The van der Waals surface area contributed by atoms with Crippen LogP contribution in [0.4, 0.5) is 0 Å². The van der Waals surface area contributed by atoms with E-state index in [4.69, 9.17) is 0 Å². The zero-order valence-electron chi connectivity index (χ0n) is 34.0. The number of hydrogen-bond donors (Lipinski definition) is 0. The lowest BCUT2D eigenvalue weighted by Crippen LogP contribution is -1.91. The van der Waals surface area contributed by atoms with Crippen molar-refractivity contribution in [2.75, 3.05) is 0 Å². The average Bonchev–Trinajstić information content (AvgIpc) is 3.41. The van der Waals surface area contributed by atoms with E-state index in [1.165, 1.54) is 251 Å². The van der Waals surface area contributed by atoms with Gasteiger partial charge in [-0.05, 0) is 48.9 Å². The standard InChI is InChI=1S/C49H83N/c1-4-6-8-10-12-14-16-18-20-22-24-26-28-30-32-34-36-44-38-40-46-47-41-39-45(43-49(47)50(3)48(46)42-44)37-35-33-31-29-27-25-23-21-19-17-15-13-11-9-7-5-2/h38-43H,4-37H2,1-3H3. The zero-order valence-corrected chi connectivity index (χ0v) is 34.0. The summed E-state index contributed by atoms with van der Waals surface area (Å²) >= 11 is 0. The van der Waals surface area contributed by atoms with Gasteiger partial charge in [-0.15, -0.1) is 0 Å². The Morgan fingerprint density at radius 1 is 0.320 bits per heavy atom. The Labute approximate surface area is 312 Å². The minimum absolute atomic E-state index is 1.22. The molecule has 0 N–H and O–H groups in total. The molecule has 0 bridgehead atoms. The highest BCUT2D eigenvalue weighted by atomic mass is 14.9. The van der Waals surface area contributed by atoms with Crippen LogP contribution < -0.4 is 0 Å². The van der Waals surface area contributed by atoms with Gasteiger partial charge in [0.05, 0.1) is 0 Å². The summed E-state index contributed by atoms with van der Waals surface area (Å²) < 4.78 is 2.46. The van der Waals surface area contributed by atoms with Gasteiger partial charge in [-0.25, -0.2) is 0 Å². The van der Waals surface area contributed by atoms with Gasteiger partial charge in [0.1, 0.15) is 0 Å². The second kappa shape index (κ2) is 28.8. The summed E-state index contributed by atoms with van der Waals surface area (Å²) in [7, 11) is 2.28. The summed E-state index contributed by atoms with van der Waals surface area (Å²) in [6.07, 6.45) is 48.4. The van der Waals surface area contributed by atoms with Crippen molar-refractivity contribution < 1.29 is 0 Å². The lowest BCUT2D eigenvalue weighted by atomic mass is 10.0. The number of fused-ring (bicyclic) bond motifs is 3. The molecule has 0 atom stereocenters. The molecule has 3 aromatic rings. The summed E-state index contributed by atoms with van der Waals surface area (Å²) in [6, 6.07) is 14.6. The number of benzene rings is 2. The van der Waals surface area contributed by atoms with E-state index in [9.17, 15) is 0 Å². The molecule has 0 fully saturated rings. The molecule has 0 aliphatic heterocycles. The maximum absolute atomic E-state index is 2.48. The normalized spacial score (nSPS) is 11.8. The molecule has 3 rings (SSSR count). The fourth-order valence-electron chi connectivity index (χ4n) is 8.36. The van der Waals surface area contributed by atoms with Crippen LogP contribution in [-0.4, -0.2) is 4.57 Å². The minimum atomic E-state index is 1.22. The highest BCUT2D eigenvalue weighted by molar-refractivity contribution is 6.08. The molecule has 1 aromatic heterocycles. The number of aryl methyl sites for hydroxylation is 3. The predicted octanol–water partition coefficient (Wildman–Crippen LogP) is 16.9. The third-order valence-electron chi connectivity index (χ3n) is 11.8. The van der Waals surface area contributed by atoms with Gasteiger partial charge in [-0.1, -0.05) is 231 Å². The first-order valence-corrected chi connectivity index (χ1v) is 22.7. The van der Waals surface area contributed by atoms with Crippen LogP contribution in [-0.2, 0) is 19.9 Å². The van der Waals surface area contributed by atoms with Crippen molar-refractivity contribution >= 4 is 21.8 Å². The molecule has 0 unspecified atom stereocenters. The number of hydrogen-bond acceptors (Lipinski definition) is 0. The van der Waals surface area contributed by atoms with Gasteiger partial charge in [0.25, 0.3) is 0 Å². The molecule has 0 radical (unpaired) electrons. The van der Waals surface area contributed by atoms with Gasteiger partial charge in [0, 0.05) is 28.9 Å². The second-order valence-electron chi connectivity index (χ2n) is 16.4. The third kappa shape index (κ3) is 18.1. The summed E-state index contributed by atoms with van der Waals surface area (Å²) in [5.74, 6) is 0. The molecule has 0 amide bonds. The maximum Gasteiger partial charge on any atom is 0.0491 e. The van der Waals surface area contributed by atoms with E-state index in [1.807, 2.05) is 0 Å². The molecule has 0 spiro atoms. The molecular formula is C49H83N. The predicted molar refractivity (Wildman–Crippen MR) is 227 cm³/mol. The van der Waals surface area contributed by atoms with Gasteiger partial charge < -0.3 is 4.57 Å². The summed E-state index contributed by atoms with van der Waals surface area (Å²) in [4.78, 5) is 0. The summed E-state index contributed by atoms with van der Waals surface area (Å²) in [5.41, 5.74) is 5.85. The highest BCUT2D eigenvalue weighted by Gasteiger charge is 2.10. The Morgan fingerprint density at radius 3 is 0.820 bits per heavy atom. The number of nitrogens with zero attached hydrogens (tertiary/aromatic N) is 1. The van der Waals surface area contributed by atoms with Crippen molar-refractivity contribution in [2.45, 2.75) is 232 Å². The van der Waals surface area contributed by atoms with Gasteiger partial charge in [-0.3, -0.25) is 0 Å². The molecular weight excluding hydrogens is 603 g/mol. The van der Waals surface area contributed by atoms with Crippen LogP contribution in [0.3, 0.4) is 0 Å². The largest absolute Gasteiger partial charge is 0.344 e. The number of rotatable bonds is 34. The third-order valence-corrected chi connectivity index (χ3v) is 11.8. The van der Waals surface area contributed by atoms with Crippen LogP contribution in [0.2, 0.25) is 0 Å². The van der Waals surface area contributed by atoms with Crippen molar-refractivity contribution in [1.82, 2.24) is 4.57 Å². The van der Waals surface area contributed by atoms with E-state index in [0.717, 1.165) is 0 Å². The smallest absolute Gasteiger partial charge is 0.0491 e. The van der Waals surface area contributed by atoms with Crippen LogP contribution in [0.1, 0.15) is 230 Å². The maximum atomic E-state index is 2.48. The average molecular weight is 686 g/mol. The molecule has 1 heteroatoms. The molecule has 0 saturated heterocycles. The van der Waals surface area contributed by atoms with Crippen molar-refractivity contribution in [3.05, 3.63) is 47.5 Å². The first-order chi connectivity index (χ1) is 24.7. The van der Waals surface area contributed by atoms with E-state index in [0.29, 0.717) is 0 Å².